The Morgan fingerprint density at radius 1 is 1.45 bits per heavy atom. The quantitative estimate of drug-likeness (QED) is 0.466. The minimum Gasteiger partial charge on any atom is -0.465 e. The van der Waals surface area contributed by atoms with Gasteiger partial charge >= 0.3 is 12.3 Å². The first-order chi connectivity index (χ1) is 9.19. The molecule has 0 aliphatic heterocycles. The molecular formula is C10H7BrF5NO3. The summed E-state index contributed by atoms with van der Waals surface area (Å²) in [5, 5.41) is -0.234. The van der Waals surface area contributed by atoms with E-state index in [1.165, 1.54) is 0 Å². The summed E-state index contributed by atoms with van der Waals surface area (Å²) in [5.41, 5.74) is -1.88. The number of rotatable bonds is 4. The number of hydrogen-bond donors (Lipinski definition) is 0. The van der Waals surface area contributed by atoms with E-state index in [0.29, 0.717) is 6.07 Å². The Balaban J connectivity index is 3.43. The van der Waals surface area contributed by atoms with Crippen LogP contribution in [0.3, 0.4) is 0 Å². The lowest BCUT2D eigenvalue weighted by atomic mass is 10.1. The summed E-state index contributed by atoms with van der Waals surface area (Å²) in [6.07, 6.45) is -8.13. The first-order valence-electron chi connectivity index (χ1n) is 4.91. The van der Waals surface area contributed by atoms with Crippen molar-refractivity contribution in [2.24, 2.45) is 0 Å². The average Bonchev–Trinajstić information content (AvgIpc) is 2.35. The molecule has 1 aromatic rings. The van der Waals surface area contributed by atoms with Crippen molar-refractivity contribution < 1.29 is 36.2 Å². The summed E-state index contributed by atoms with van der Waals surface area (Å²) >= 11 is 2.82. The summed E-state index contributed by atoms with van der Waals surface area (Å²) in [6, 6.07) is 0.571. The van der Waals surface area contributed by atoms with Crippen LogP contribution in [0.4, 0.5) is 22.0 Å². The second-order valence-electron chi connectivity index (χ2n) is 3.35. The number of esters is 1. The normalized spacial score (nSPS) is 11.6. The highest BCUT2D eigenvalue weighted by molar-refractivity contribution is 9.08. The SMILES string of the molecule is COC(=O)c1cc(C(F)F)c(CBr)nc1OC(F)(F)F. The van der Waals surface area contributed by atoms with Crippen molar-refractivity contribution in [1.82, 2.24) is 4.98 Å². The van der Waals surface area contributed by atoms with E-state index < -0.39 is 35.8 Å². The highest BCUT2D eigenvalue weighted by Gasteiger charge is 2.35. The van der Waals surface area contributed by atoms with Gasteiger partial charge in [0, 0.05) is 10.9 Å². The van der Waals surface area contributed by atoms with Crippen molar-refractivity contribution in [3.05, 3.63) is 22.9 Å². The van der Waals surface area contributed by atoms with Crippen LogP contribution in [0.5, 0.6) is 5.88 Å². The van der Waals surface area contributed by atoms with Gasteiger partial charge in [0.05, 0.1) is 12.8 Å². The van der Waals surface area contributed by atoms with Gasteiger partial charge in [0.1, 0.15) is 5.56 Å². The molecule has 112 valence electrons. The molecule has 0 N–H and O–H groups in total. The number of alkyl halides is 6. The fourth-order valence-electron chi connectivity index (χ4n) is 1.29. The van der Waals surface area contributed by atoms with Crippen molar-refractivity contribution >= 4 is 21.9 Å². The molecule has 1 aromatic heterocycles. The summed E-state index contributed by atoms with van der Waals surface area (Å²) in [7, 11) is 0.889. The molecule has 1 heterocycles. The Morgan fingerprint density at radius 2 is 2.05 bits per heavy atom. The van der Waals surface area contributed by atoms with Gasteiger partial charge < -0.3 is 9.47 Å². The zero-order chi connectivity index (χ0) is 15.5. The first-order valence-corrected chi connectivity index (χ1v) is 6.03. The molecule has 20 heavy (non-hydrogen) atoms. The van der Waals surface area contributed by atoms with E-state index in [4.69, 9.17) is 0 Å². The zero-order valence-electron chi connectivity index (χ0n) is 9.80. The number of aromatic nitrogens is 1. The maximum atomic E-state index is 12.8. The zero-order valence-corrected chi connectivity index (χ0v) is 11.4. The maximum absolute atomic E-state index is 12.8. The molecule has 0 fully saturated rings. The highest BCUT2D eigenvalue weighted by atomic mass is 79.9. The minimum absolute atomic E-state index is 0.234. The van der Waals surface area contributed by atoms with Crippen molar-refractivity contribution in [1.29, 1.82) is 0 Å². The van der Waals surface area contributed by atoms with Gasteiger partial charge in [-0.25, -0.2) is 18.6 Å². The fraction of sp³-hybridized carbons (Fsp3) is 0.400. The number of pyridine rings is 1. The molecule has 0 atom stereocenters. The molecule has 0 unspecified atom stereocenters. The maximum Gasteiger partial charge on any atom is 0.574 e. The second-order valence-corrected chi connectivity index (χ2v) is 3.91. The number of carbonyl (C=O) groups is 1. The molecule has 10 heteroatoms. The number of halogens is 6. The molecule has 0 aromatic carbocycles. The standard InChI is InChI=1S/C10H7BrF5NO3/c1-19-9(18)5-2-4(7(12)13)6(3-11)17-8(5)20-10(14,15)16/h2,7H,3H2,1H3. The molecular weight excluding hydrogens is 357 g/mol. The van der Waals surface area contributed by atoms with Gasteiger partial charge in [-0.3, -0.25) is 0 Å². The Labute approximate surface area is 118 Å². The van der Waals surface area contributed by atoms with Crippen LogP contribution in [0.15, 0.2) is 6.07 Å². The lowest BCUT2D eigenvalue weighted by Gasteiger charge is -2.14. The Kier molecular flexibility index (Phi) is 5.26. The third-order valence-corrected chi connectivity index (χ3v) is 2.61. The summed E-state index contributed by atoms with van der Waals surface area (Å²) < 4.78 is 69.9. The topological polar surface area (TPSA) is 48.4 Å². The van der Waals surface area contributed by atoms with Gasteiger partial charge in [-0.15, -0.1) is 13.2 Å². The lowest BCUT2D eigenvalue weighted by molar-refractivity contribution is -0.276. The van der Waals surface area contributed by atoms with Crippen LogP contribution in [0.1, 0.15) is 28.0 Å². The molecule has 0 bridgehead atoms. The van der Waals surface area contributed by atoms with E-state index in [9.17, 15) is 26.7 Å². The van der Waals surface area contributed by atoms with Crippen LogP contribution in [0, 0.1) is 0 Å². The average molecular weight is 364 g/mol. The number of nitrogens with zero attached hydrogens (tertiary/aromatic N) is 1. The van der Waals surface area contributed by atoms with E-state index in [2.05, 4.69) is 30.4 Å². The molecule has 0 amide bonds. The van der Waals surface area contributed by atoms with E-state index >= 15 is 0 Å². The molecule has 0 aliphatic carbocycles. The number of hydrogen-bond acceptors (Lipinski definition) is 4. The van der Waals surface area contributed by atoms with Crippen molar-refractivity contribution in [3.63, 3.8) is 0 Å². The predicted molar refractivity (Wildman–Crippen MR) is 59.8 cm³/mol. The van der Waals surface area contributed by atoms with Gasteiger partial charge in [-0.1, -0.05) is 15.9 Å². The van der Waals surface area contributed by atoms with Crippen LogP contribution in [-0.2, 0) is 10.1 Å². The second kappa shape index (κ2) is 6.33. The van der Waals surface area contributed by atoms with Crippen LogP contribution < -0.4 is 4.74 Å². The summed E-state index contributed by atoms with van der Waals surface area (Å²) in [5.74, 6) is -2.40. The third kappa shape index (κ3) is 4.02. The molecule has 0 saturated heterocycles. The fourth-order valence-corrected chi connectivity index (χ4v) is 1.74. The molecule has 0 aliphatic rings. The minimum atomic E-state index is -5.12. The lowest BCUT2D eigenvalue weighted by Crippen LogP contribution is -2.21. The Bertz CT molecular complexity index is 506. The molecule has 0 radical (unpaired) electrons. The smallest absolute Gasteiger partial charge is 0.465 e. The molecule has 4 nitrogen and oxygen atoms in total. The van der Waals surface area contributed by atoms with Gasteiger partial charge in [-0.05, 0) is 6.07 Å². The summed E-state index contributed by atoms with van der Waals surface area (Å²) in [6.45, 7) is 0. The Morgan fingerprint density at radius 3 is 2.45 bits per heavy atom. The molecule has 1 rings (SSSR count). The number of methoxy groups -OCH3 is 1. The monoisotopic (exact) mass is 363 g/mol. The first kappa shape index (κ1) is 16.6. The van der Waals surface area contributed by atoms with Gasteiger partial charge in [-0.2, -0.15) is 0 Å². The van der Waals surface area contributed by atoms with E-state index in [1.807, 2.05) is 0 Å². The van der Waals surface area contributed by atoms with Crippen molar-refractivity contribution in [2.75, 3.05) is 7.11 Å². The third-order valence-electron chi connectivity index (χ3n) is 2.08. The highest BCUT2D eigenvalue weighted by Crippen LogP contribution is 2.31. The van der Waals surface area contributed by atoms with E-state index in [1.54, 1.807) is 0 Å². The van der Waals surface area contributed by atoms with Crippen molar-refractivity contribution in [3.8, 4) is 5.88 Å². The van der Waals surface area contributed by atoms with Gasteiger partial charge in [0.2, 0.25) is 5.88 Å². The molecule has 0 spiro atoms. The van der Waals surface area contributed by atoms with Gasteiger partial charge in [0.25, 0.3) is 6.43 Å². The predicted octanol–water partition coefficient (Wildman–Crippen LogP) is 3.60. The Hall–Kier alpha value is -1.45. The van der Waals surface area contributed by atoms with Crippen molar-refractivity contribution in [2.45, 2.75) is 18.1 Å². The van der Waals surface area contributed by atoms with E-state index in [0.717, 1.165) is 7.11 Å². The van der Waals surface area contributed by atoms with Crippen LogP contribution in [-0.4, -0.2) is 24.4 Å². The number of carbonyl (C=O) groups excluding carboxylic acids is 1. The largest absolute Gasteiger partial charge is 0.574 e. The van der Waals surface area contributed by atoms with E-state index in [-0.39, 0.29) is 11.0 Å². The van der Waals surface area contributed by atoms with Crippen LogP contribution >= 0.6 is 15.9 Å². The van der Waals surface area contributed by atoms with Gasteiger partial charge in [0.15, 0.2) is 0 Å². The molecule has 0 saturated carbocycles. The number of ether oxygens (including phenoxy) is 2. The summed E-state index contributed by atoms with van der Waals surface area (Å²) in [4.78, 5) is 14.6. The van der Waals surface area contributed by atoms with Crippen LogP contribution in [0.2, 0.25) is 0 Å². The van der Waals surface area contributed by atoms with Crippen LogP contribution in [0.25, 0.3) is 0 Å².